The fraction of sp³-hybridized carbons (Fsp3) is 0.341. The summed E-state index contributed by atoms with van der Waals surface area (Å²) in [7, 11) is 0. The van der Waals surface area contributed by atoms with Crippen LogP contribution in [-0.4, -0.2) is 15.9 Å². The van der Waals surface area contributed by atoms with Crippen LogP contribution in [0.4, 0.5) is 17.6 Å². The first kappa shape index (κ1) is 40.3. The van der Waals surface area contributed by atoms with E-state index in [1.165, 1.54) is 6.08 Å². The third kappa shape index (κ3) is 8.09. The monoisotopic (exact) mass is 862 g/mol. The van der Waals surface area contributed by atoms with Crippen LogP contribution in [0.1, 0.15) is 85.3 Å². The molecule has 0 spiro atoms. The number of benzene rings is 4. The second-order valence-corrected chi connectivity index (χ2v) is 13.2. The van der Waals surface area contributed by atoms with Gasteiger partial charge >= 0.3 is 0 Å². The Kier molecular flexibility index (Phi) is 13.5. The molecule has 0 aliphatic heterocycles. The quantitative estimate of drug-likeness (QED) is 0.0321. The molecule has 0 fully saturated rings. The normalized spacial score (nSPS) is 11.9. The van der Waals surface area contributed by atoms with Crippen LogP contribution in [0.15, 0.2) is 60.5 Å². The third-order valence-corrected chi connectivity index (χ3v) is 9.10. The number of nitrogens with zero attached hydrogens (tertiary/aromatic N) is 2. The molecule has 0 aliphatic rings. The van der Waals surface area contributed by atoms with Gasteiger partial charge in [0.05, 0.1) is 11.3 Å². The van der Waals surface area contributed by atoms with Crippen molar-refractivity contribution in [3.05, 3.63) is 101 Å². The minimum absolute atomic E-state index is 0. The average molecular weight is 862 g/mol. The molecule has 265 valence electrons. The number of rotatable bonds is 8. The van der Waals surface area contributed by atoms with E-state index in [4.69, 9.17) is 0 Å². The number of aromatic nitrogens is 1. The Labute approximate surface area is 304 Å². The Balaban J connectivity index is 0.000000361. The second-order valence-electron chi connectivity index (χ2n) is 13.2. The van der Waals surface area contributed by atoms with Crippen LogP contribution in [0.25, 0.3) is 43.6 Å². The molecule has 4 nitrogen and oxygen atoms in total. The van der Waals surface area contributed by atoms with Gasteiger partial charge in [-0.1, -0.05) is 95.1 Å². The summed E-state index contributed by atoms with van der Waals surface area (Å²) in [4.78, 5) is 15.9. The Hall–Kier alpha value is -4.12. The van der Waals surface area contributed by atoms with E-state index in [1.54, 1.807) is 12.1 Å². The first-order valence-corrected chi connectivity index (χ1v) is 16.6. The van der Waals surface area contributed by atoms with E-state index in [0.29, 0.717) is 5.39 Å². The van der Waals surface area contributed by atoms with Crippen LogP contribution >= 0.6 is 0 Å². The SMILES string of the molecule is CC(C)(C)c1cc(-c2ncc(C#N)c3c(F)c(F)c(F)c(F)c23)[c-]c2cc3ccccc3cc12.CCC(CC)C(=O)/C=C(\O)C(CC)CC.[Ir]. The van der Waals surface area contributed by atoms with Gasteiger partial charge in [0.2, 0.25) is 0 Å². The van der Waals surface area contributed by atoms with Crippen molar-refractivity contribution < 1.29 is 47.6 Å². The number of halogens is 4. The number of carbonyl (C=O) groups is 1. The molecule has 1 N–H and O–H groups in total. The van der Waals surface area contributed by atoms with Crippen molar-refractivity contribution in [1.82, 2.24) is 4.98 Å². The number of aliphatic hydroxyl groups is 1. The van der Waals surface area contributed by atoms with E-state index in [2.05, 4.69) is 11.1 Å². The molecular formula is C41H41F4IrN2O2-. The Morgan fingerprint density at radius 3 is 1.94 bits per heavy atom. The molecular weight excluding hydrogens is 821 g/mol. The summed E-state index contributed by atoms with van der Waals surface area (Å²) >= 11 is 0. The number of pyridine rings is 1. The van der Waals surface area contributed by atoms with E-state index in [1.807, 2.05) is 84.9 Å². The number of fused-ring (bicyclic) bond motifs is 3. The third-order valence-electron chi connectivity index (χ3n) is 9.10. The number of allylic oxidation sites excluding steroid dienone is 2. The van der Waals surface area contributed by atoms with E-state index < -0.39 is 39.6 Å². The topological polar surface area (TPSA) is 74.0 Å². The molecule has 0 saturated carbocycles. The van der Waals surface area contributed by atoms with Crippen LogP contribution in [-0.2, 0) is 30.3 Å². The summed E-state index contributed by atoms with van der Waals surface area (Å²) < 4.78 is 58.0. The predicted molar refractivity (Wildman–Crippen MR) is 188 cm³/mol. The molecule has 0 aliphatic carbocycles. The molecule has 4 aromatic carbocycles. The predicted octanol–water partition coefficient (Wildman–Crippen LogP) is 11.6. The standard InChI is InChI=1S/C28H17F4N2.C13H24O2.Ir/c1-28(2,3)20-11-17(9-16-8-14-6-4-5-7-15(14)10-19(16)20)27-22-21(18(12-33)13-34-27)23(29)25(31)26(32)24(22)30;1-5-10(6-2)12(14)9-13(15)11(7-3)8-4;/h4-8,10-11,13H,1-3H3;9-11,14H,5-8H2,1-4H3;/q-1;;/b;12-9-;. The summed E-state index contributed by atoms with van der Waals surface area (Å²) in [5.41, 5.74) is 0.312. The van der Waals surface area contributed by atoms with Gasteiger partial charge in [0, 0.05) is 60.7 Å². The first-order valence-electron chi connectivity index (χ1n) is 16.6. The number of nitriles is 1. The zero-order chi connectivity index (χ0) is 36.2. The average Bonchev–Trinajstić information content (AvgIpc) is 3.08. The van der Waals surface area contributed by atoms with Crippen LogP contribution < -0.4 is 0 Å². The van der Waals surface area contributed by atoms with Gasteiger partial charge in [-0.3, -0.25) is 9.78 Å². The molecule has 0 atom stereocenters. The van der Waals surface area contributed by atoms with Gasteiger partial charge in [0.1, 0.15) is 6.07 Å². The van der Waals surface area contributed by atoms with Gasteiger partial charge in [-0.05, 0) is 36.5 Å². The number of hydrogen-bond donors (Lipinski definition) is 1. The van der Waals surface area contributed by atoms with Crippen molar-refractivity contribution in [2.24, 2.45) is 11.8 Å². The molecule has 50 heavy (non-hydrogen) atoms. The maximum Gasteiger partial charge on any atom is 0.198 e. The molecule has 0 bridgehead atoms. The minimum atomic E-state index is -1.97. The molecule has 9 heteroatoms. The first-order chi connectivity index (χ1) is 23.2. The number of carbonyl (C=O) groups excluding carboxylic acids is 1. The van der Waals surface area contributed by atoms with E-state index >= 15 is 4.39 Å². The molecule has 5 aromatic rings. The number of aliphatic hydroxyl groups excluding tert-OH is 1. The van der Waals surface area contributed by atoms with Crippen molar-refractivity contribution in [2.75, 3.05) is 0 Å². The second kappa shape index (κ2) is 16.7. The summed E-state index contributed by atoms with van der Waals surface area (Å²) in [5.74, 6) is -6.60. The summed E-state index contributed by atoms with van der Waals surface area (Å²) in [6.45, 7) is 14.1. The molecule has 5 rings (SSSR count). The zero-order valence-electron chi connectivity index (χ0n) is 29.3. The van der Waals surface area contributed by atoms with Crippen molar-refractivity contribution in [1.29, 1.82) is 5.26 Å². The summed E-state index contributed by atoms with van der Waals surface area (Å²) in [6.07, 6.45) is 5.94. The van der Waals surface area contributed by atoms with Crippen LogP contribution in [0.3, 0.4) is 0 Å². The van der Waals surface area contributed by atoms with Crippen molar-refractivity contribution in [3.63, 3.8) is 0 Å². The van der Waals surface area contributed by atoms with Crippen LogP contribution in [0.2, 0.25) is 0 Å². The van der Waals surface area contributed by atoms with E-state index in [-0.39, 0.29) is 60.2 Å². The fourth-order valence-electron chi connectivity index (χ4n) is 6.15. The van der Waals surface area contributed by atoms with Crippen LogP contribution in [0.5, 0.6) is 0 Å². The Bertz CT molecular complexity index is 2110. The molecule has 1 radical (unpaired) electrons. The van der Waals surface area contributed by atoms with Crippen LogP contribution in [0, 0.1) is 52.5 Å². The van der Waals surface area contributed by atoms with E-state index in [0.717, 1.165) is 53.6 Å². The van der Waals surface area contributed by atoms with Gasteiger partial charge in [0.25, 0.3) is 0 Å². The molecule has 1 aromatic heterocycles. The van der Waals surface area contributed by atoms with Gasteiger partial charge in [-0.25, -0.2) is 17.6 Å². The van der Waals surface area contributed by atoms with Gasteiger partial charge in [-0.2, -0.15) is 5.26 Å². The molecule has 0 saturated heterocycles. The van der Waals surface area contributed by atoms with Gasteiger partial charge in [0.15, 0.2) is 29.1 Å². The molecule has 1 heterocycles. The number of ketones is 1. The Morgan fingerprint density at radius 1 is 0.880 bits per heavy atom. The number of hydrogen-bond acceptors (Lipinski definition) is 4. The van der Waals surface area contributed by atoms with Crippen molar-refractivity contribution in [3.8, 4) is 17.3 Å². The van der Waals surface area contributed by atoms with Crippen molar-refractivity contribution >= 4 is 38.1 Å². The maximum atomic E-state index is 15.0. The van der Waals surface area contributed by atoms with Crippen molar-refractivity contribution in [2.45, 2.75) is 79.6 Å². The maximum absolute atomic E-state index is 15.0. The van der Waals surface area contributed by atoms with E-state index in [9.17, 15) is 28.3 Å². The fourth-order valence-corrected chi connectivity index (χ4v) is 6.15. The molecule has 0 unspecified atom stereocenters. The molecule has 0 amide bonds. The zero-order valence-corrected chi connectivity index (χ0v) is 31.7. The minimum Gasteiger partial charge on any atom is -0.512 e. The summed E-state index contributed by atoms with van der Waals surface area (Å²) in [6, 6.07) is 18.4. The smallest absolute Gasteiger partial charge is 0.198 e. The largest absolute Gasteiger partial charge is 0.512 e. The summed E-state index contributed by atoms with van der Waals surface area (Å²) in [5, 5.41) is 21.5. The van der Waals surface area contributed by atoms with Gasteiger partial charge in [-0.15, -0.1) is 29.1 Å². The van der Waals surface area contributed by atoms with Gasteiger partial charge < -0.3 is 5.11 Å². The Morgan fingerprint density at radius 2 is 1.42 bits per heavy atom.